The first-order valence-electron chi connectivity index (χ1n) is 8.91. The number of nitrogens with zero attached hydrogens (tertiary/aromatic N) is 4. The van der Waals surface area contributed by atoms with E-state index in [-0.39, 0.29) is 24.0 Å². The zero-order valence-electron chi connectivity index (χ0n) is 16.3. The molecule has 0 bridgehead atoms. The molecule has 0 radical (unpaired) electrons. The Balaban J connectivity index is 0.00000300. The fraction of sp³-hybridized carbons (Fsp3) is 0.250. The first-order valence-corrected chi connectivity index (χ1v) is 9.29. The van der Waals surface area contributed by atoms with Gasteiger partial charge < -0.3 is 15.4 Å². The first-order chi connectivity index (χ1) is 13.7. The van der Waals surface area contributed by atoms with E-state index < -0.39 is 0 Å². The molecule has 0 amide bonds. The third-order valence-corrected chi connectivity index (χ3v) is 4.53. The van der Waals surface area contributed by atoms with Crippen LogP contribution in [0.3, 0.4) is 0 Å². The zero-order chi connectivity index (χ0) is 19.8. The summed E-state index contributed by atoms with van der Waals surface area (Å²) in [5.41, 5.74) is 2.14. The zero-order valence-corrected chi connectivity index (χ0v) is 19.4. The van der Waals surface area contributed by atoms with Crippen molar-refractivity contribution < 1.29 is 4.74 Å². The molecule has 0 saturated carbocycles. The van der Waals surface area contributed by atoms with Crippen molar-refractivity contribution in [3.8, 4) is 11.6 Å². The van der Waals surface area contributed by atoms with Gasteiger partial charge in [0.05, 0.1) is 7.11 Å². The van der Waals surface area contributed by atoms with Gasteiger partial charge in [0, 0.05) is 43.8 Å². The second-order valence-corrected chi connectivity index (χ2v) is 6.44. The number of hydrogen-bond acceptors (Lipinski definition) is 4. The summed E-state index contributed by atoms with van der Waals surface area (Å²) < 4.78 is 6.91. The van der Waals surface area contributed by atoms with E-state index in [4.69, 9.17) is 16.3 Å². The summed E-state index contributed by atoms with van der Waals surface area (Å²) >= 11 is 6.29. The molecule has 2 N–H and O–H groups in total. The summed E-state index contributed by atoms with van der Waals surface area (Å²) in [5.74, 6) is 2.26. The number of pyridine rings is 1. The third-order valence-electron chi connectivity index (χ3n) is 4.18. The normalized spacial score (nSPS) is 10.9. The van der Waals surface area contributed by atoms with Gasteiger partial charge in [-0.15, -0.1) is 24.0 Å². The number of guanidine groups is 1. The summed E-state index contributed by atoms with van der Waals surface area (Å²) in [6, 6.07) is 11.5. The molecule has 0 aliphatic heterocycles. The van der Waals surface area contributed by atoms with Crippen molar-refractivity contribution in [3.63, 3.8) is 0 Å². The molecule has 29 heavy (non-hydrogen) atoms. The van der Waals surface area contributed by atoms with Crippen LogP contribution in [0.25, 0.3) is 5.82 Å². The number of ether oxygens (including phenoxy) is 1. The molecular formula is C20H24ClIN6O. The summed E-state index contributed by atoms with van der Waals surface area (Å²) in [6.45, 7) is 1.33. The molecule has 3 aromatic rings. The third kappa shape index (κ3) is 6.60. The minimum Gasteiger partial charge on any atom is -0.497 e. The number of aliphatic imine (C=N–C) groups is 1. The van der Waals surface area contributed by atoms with Crippen molar-refractivity contribution in [3.05, 3.63) is 71.1 Å². The van der Waals surface area contributed by atoms with Crippen LogP contribution in [-0.2, 0) is 13.0 Å². The number of hydrogen-bond donors (Lipinski definition) is 2. The fourth-order valence-corrected chi connectivity index (χ4v) is 2.94. The maximum Gasteiger partial charge on any atom is 0.191 e. The molecule has 154 valence electrons. The molecule has 7 nitrogen and oxygen atoms in total. The minimum absolute atomic E-state index is 0. The molecule has 0 atom stereocenters. The second-order valence-electron chi connectivity index (χ2n) is 6.03. The number of rotatable bonds is 7. The Morgan fingerprint density at radius 2 is 2.07 bits per heavy atom. The average molecular weight is 527 g/mol. The van der Waals surface area contributed by atoms with E-state index in [2.05, 4.69) is 25.7 Å². The Labute approximate surface area is 192 Å². The standard InChI is InChI=1S/C20H23ClN6O.HI/c1-22-20(24-10-7-16-4-5-17(28-2)13-18(16)21)25-14-15-6-9-23-19(12-15)27-11-3-8-26-27;/h3-6,8-9,11-13H,7,10,14H2,1-2H3,(H2,22,24,25);1H. The van der Waals surface area contributed by atoms with Crippen LogP contribution in [0, 0.1) is 0 Å². The molecule has 1 aromatic carbocycles. The van der Waals surface area contributed by atoms with E-state index in [1.54, 1.807) is 31.2 Å². The second kappa shape index (κ2) is 11.6. The highest BCUT2D eigenvalue weighted by Crippen LogP contribution is 2.22. The molecule has 2 aromatic heterocycles. The van der Waals surface area contributed by atoms with E-state index in [1.807, 2.05) is 42.6 Å². The highest BCUT2D eigenvalue weighted by Gasteiger charge is 2.05. The van der Waals surface area contributed by atoms with Crippen LogP contribution < -0.4 is 15.4 Å². The van der Waals surface area contributed by atoms with Crippen LogP contribution in [0.4, 0.5) is 0 Å². The molecule has 0 spiro atoms. The molecule has 9 heteroatoms. The van der Waals surface area contributed by atoms with Gasteiger partial charge in [0.25, 0.3) is 0 Å². The summed E-state index contributed by atoms with van der Waals surface area (Å²) in [7, 11) is 3.38. The number of benzene rings is 1. The number of halogens is 2. The van der Waals surface area contributed by atoms with Crippen molar-refractivity contribution >= 4 is 41.5 Å². The van der Waals surface area contributed by atoms with E-state index in [0.29, 0.717) is 18.1 Å². The Bertz CT molecular complexity index is 932. The first kappa shape index (κ1) is 23.0. The predicted molar refractivity (Wildman–Crippen MR) is 127 cm³/mol. The van der Waals surface area contributed by atoms with Crippen LogP contribution in [0.1, 0.15) is 11.1 Å². The Hall–Kier alpha value is -2.33. The van der Waals surface area contributed by atoms with Gasteiger partial charge in [-0.2, -0.15) is 5.10 Å². The van der Waals surface area contributed by atoms with Crippen molar-refractivity contribution in [2.75, 3.05) is 20.7 Å². The smallest absolute Gasteiger partial charge is 0.191 e. The molecule has 2 heterocycles. The Morgan fingerprint density at radius 1 is 1.21 bits per heavy atom. The number of aromatic nitrogens is 3. The van der Waals surface area contributed by atoms with Gasteiger partial charge in [0.15, 0.2) is 11.8 Å². The maximum absolute atomic E-state index is 6.29. The van der Waals surface area contributed by atoms with Gasteiger partial charge in [-0.25, -0.2) is 9.67 Å². The van der Waals surface area contributed by atoms with Crippen LogP contribution in [0.2, 0.25) is 5.02 Å². The summed E-state index contributed by atoms with van der Waals surface area (Å²) in [5, 5.41) is 11.5. The van der Waals surface area contributed by atoms with Gasteiger partial charge in [-0.05, 0) is 47.9 Å². The lowest BCUT2D eigenvalue weighted by atomic mass is 10.1. The minimum atomic E-state index is 0. The topological polar surface area (TPSA) is 76.4 Å². The lowest BCUT2D eigenvalue weighted by molar-refractivity contribution is 0.414. The SMILES string of the molecule is CN=C(NCCc1ccc(OC)cc1Cl)NCc1ccnc(-n2cccn2)c1.I. The molecular weight excluding hydrogens is 503 g/mol. The molecule has 0 unspecified atom stereocenters. The molecule has 0 fully saturated rings. The number of nitrogens with one attached hydrogen (secondary N) is 2. The van der Waals surface area contributed by atoms with Gasteiger partial charge in [-0.1, -0.05) is 17.7 Å². The molecule has 0 aliphatic carbocycles. The quantitative estimate of drug-likeness (QED) is 0.280. The molecule has 0 aliphatic rings. The van der Waals surface area contributed by atoms with Crippen LogP contribution in [0.15, 0.2) is 60.0 Å². The van der Waals surface area contributed by atoms with Gasteiger partial charge in [-0.3, -0.25) is 4.99 Å². The van der Waals surface area contributed by atoms with Crippen LogP contribution in [-0.4, -0.2) is 41.4 Å². The van der Waals surface area contributed by atoms with Crippen LogP contribution >= 0.6 is 35.6 Å². The number of methoxy groups -OCH3 is 1. The highest BCUT2D eigenvalue weighted by atomic mass is 127. The van der Waals surface area contributed by atoms with Crippen molar-refractivity contribution in [2.24, 2.45) is 4.99 Å². The van der Waals surface area contributed by atoms with Gasteiger partial charge in [0.1, 0.15) is 5.75 Å². The largest absolute Gasteiger partial charge is 0.497 e. The lowest BCUT2D eigenvalue weighted by Crippen LogP contribution is -2.37. The van der Waals surface area contributed by atoms with Crippen molar-refractivity contribution in [1.29, 1.82) is 0 Å². The Morgan fingerprint density at radius 3 is 2.76 bits per heavy atom. The van der Waals surface area contributed by atoms with E-state index in [9.17, 15) is 0 Å². The van der Waals surface area contributed by atoms with Gasteiger partial charge in [0.2, 0.25) is 0 Å². The van der Waals surface area contributed by atoms with Crippen LogP contribution in [0.5, 0.6) is 5.75 Å². The summed E-state index contributed by atoms with van der Waals surface area (Å²) in [6.07, 6.45) is 6.15. The van der Waals surface area contributed by atoms with E-state index >= 15 is 0 Å². The van der Waals surface area contributed by atoms with Crippen molar-refractivity contribution in [1.82, 2.24) is 25.4 Å². The maximum atomic E-state index is 6.29. The Kier molecular flexibility index (Phi) is 9.20. The predicted octanol–water partition coefficient (Wildman–Crippen LogP) is 3.46. The van der Waals surface area contributed by atoms with Crippen molar-refractivity contribution in [2.45, 2.75) is 13.0 Å². The van der Waals surface area contributed by atoms with Gasteiger partial charge >= 0.3 is 0 Å². The monoisotopic (exact) mass is 526 g/mol. The highest BCUT2D eigenvalue weighted by molar-refractivity contribution is 14.0. The molecule has 0 saturated heterocycles. The fourth-order valence-electron chi connectivity index (χ4n) is 2.68. The average Bonchev–Trinajstić information content (AvgIpc) is 3.26. The lowest BCUT2D eigenvalue weighted by Gasteiger charge is -2.13. The van der Waals surface area contributed by atoms with E-state index in [1.165, 1.54) is 0 Å². The van der Waals surface area contributed by atoms with E-state index in [0.717, 1.165) is 35.1 Å². The summed E-state index contributed by atoms with van der Waals surface area (Å²) in [4.78, 5) is 8.60. The molecule has 3 rings (SSSR count).